The Bertz CT molecular complexity index is 921. The van der Waals surface area contributed by atoms with Crippen molar-refractivity contribution in [1.82, 2.24) is 4.90 Å². The summed E-state index contributed by atoms with van der Waals surface area (Å²) >= 11 is 0. The molecular weight excluding hydrogens is 478 g/mol. The van der Waals surface area contributed by atoms with Crippen molar-refractivity contribution in [2.24, 2.45) is 0 Å². The summed E-state index contributed by atoms with van der Waals surface area (Å²) in [5, 5.41) is 0. The zero-order valence-corrected chi connectivity index (χ0v) is 23.5. The molecule has 1 aromatic carbocycles. The van der Waals surface area contributed by atoms with Gasteiger partial charge in [-0.1, -0.05) is 36.4 Å². The van der Waals surface area contributed by atoms with Gasteiger partial charge in [0.15, 0.2) is 0 Å². The summed E-state index contributed by atoms with van der Waals surface area (Å²) in [5.41, 5.74) is -1.80. The molecule has 2 amide bonds. The van der Waals surface area contributed by atoms with Crippen LogP contribution in [0.15, 0.2) is 42.5 Å². The van der Waals surface area contributed by atoms with Gasteiger partial charge in [-0.2, -0.15) is 4.90 Å². The molecule has 206 valence electrons. The quantitative estimate of drug-likeness (QED) is 0.236. The fourth-order valence-corrected chi connectivity index (χ4v) is 2.90. The smallest absolute Gasteiger partial charge is 0.420 e. The SMILES string of the molecule is CC(C)(C)OC(=O)/C=C/CC[C@@H](C(=O)OCc1ccccc1)N(C(=O)OC(C)(C)C)C(=O)OC(C)(C)C. The molecule has 0 spiro atoms. The Morgan fingerprint density at radius 1 is 0.784 bits per heavy atom. The van der Waals surface area contributed by atoms with Gasteiger partial charge in [0.2, 0.25) is 0 Å². The first-order valence-corrected chi connectivity index (χ1v) is 12.2. The summed E-state index contributed by atoms with van der Waals surface area (Å²) in [7, 11) is 0. The van der Waals surface area contributed by atoms with Gasteiger partial charge in [-0.25, -0.2) is 19.2 Å². The molecule has 0 radical (unpaired) electrons. The van der Waals surface area contributed by atoms with E-state index in [-0.39, 0.29) is 19.4 Å². The van der Waals surface area contributed by atoms with E-state index in [4.69, 9.17) is 18.9 Å². The zero-order valence-electron chi connectivity index (χ0n) is 23.5. The van der Waals surface area contributed by atoms with E-state index in [1.54, 1.807) is 86.6 Å². The summed E-state index contributed by atoms with van der Waals surface area (Å²) < 4.78 is 21.5. The van der Waals surface area contributed by atoms with Gasteiger partial charge in [-0.05, 0) is 80.7 Å². The Kier molecular flexibility index (Phi) is 11.4. The Morgan fingerprint density at radius 2 is 1.27 bits per heavy atom. The predicted octanol–water partition coefficient (Wildman–Crippen LogP) is 5.95. The Balaban J connectivity index is 3.22. The van der Waals surface area contributed by atoms with Crippen molar-refractivity contribution in [3.05, 3.63) is 48.0 Å². The number of ether oxygens (including phenoxy) is 4. The van der Waals surface area contributed by atoms with Crippen LogP contribution in [0.3, 0.4) is 0 Å². The van der Waals surface area contributed by atoms with Gasteiger partial charge in [0.25, 0.3) is 0 Å². The van der Waals surface area contributed by atoms with E-state index in [0.717, 1.165) is 5.56 Å². The molecule has 37 heavy (non-hydrogen) atoms. The van der Waals surface area contributed by atoms with E-state index in [9.17, 15) is 19.2 Å². The van der Waals surface area contributed by atoms with E-state index in [1.165, 1.54) is 12.2 Å². The van der Waals surface area contributed by atoms with E-state index in [2.05, 4.69) is 0 Å². The lowest BCUT2D eigenvalue weighted by Gasteiger charge is -2.32. The highest BCUT2D eigenvalue weighted by Gasteiger charge is 2.40. The molecule has 0 aliphatic heterocycles. The van der Waals surface area contributed by atoms with Gasteiger partial charge in [-0.15, -0.1) is 0 Å². The molecule has 0 aliphatic carbocycles. The lowest BCUT2D eigenvalue weighted by molar-refractivity contribution is -0.151. The van der Waals surface area contributed by atoms with Gasteiger partial charge in [0.05, 0.1) is 0 Å². The highest BCUT2D eigenvalue weighted by atomic mass is 16.6. The number of esters is 2. The molecule has 0 aromatic heterocycles. The molecule has 0 fully saturated rings. The van der Waals surface area contributed by atoms with Crippen LogP contribution < -0.4 is 0 Å². The summed E-state index contributed by atoms with van der Waals surface area (Å²) in [6.07, 6.45) is 0.786. The summed E-state index contributed by atoms with van der Waals surface area (Å²) in [4.78, 5) is 52.1. The van der Waals surface area contributed by atoms with Crippen molar-refractivity contribution in [1.29, 1.82) is 0 Å². The topological polar surface area (TPSA) is 108 Å². The fourth-order valence-electron chi connectivity index (χ4n) is 2.90. The van der Waals surface area contributed by atoms with Crippen LogP contribution in [0.25, 0.3) is 0 Å². The molecule has 0 N–H and O–H groups in total. The number of hydrogen-bond donors (Lipinski definition) is 0. The monoisotopic (exact) mass is 519 g/mol. The van der Waals surface area contributed by atoms with Crippen LogP contribution in [0.1, 0.15) is 80.7 Å². The third-order valence-corrected chi connectivity index (χ3v) is 4.26. The molecule has 9 heteroatoms. The van der Waals surface area contributed by atoms with E-state index >= 15 is 0 Å². The maximum atomic E-state index is 13.2. The number of nitrogens with zero attached hydrogens (tertiary/aromatic N) is 1. The van der Waals surface area contributed by atoms with Gasteiger partial charge in [0, 0.05) is 6.08 Å². The molecule has 0 heterocycles. The zero-order chi connectivity index (χ0) is 28.4. The van der Waals surface area contributed by atoms with Crippen LogP contribution in [-0.2, 0) is 35.1 Å². The van der Waals surface area contributed by atoms with E-state index < -0.39 is 47.0 Å². The van der Waals surface area contributed by atoms with Gasteiger partial charge < -0.3 is 18.9 Å². The van der Waals surface area contributed by atoms with Crippen molar-refractivity contribution in [3.8, 4) is 0 Å². The number of benzene rings is 1. The first-order valence-electron chi connectivity index (χ1n) is 12.2. The highest BCUT2D eigenvalue weighted by Crippen LogP contribution is 2.21. The molecule has 9 nitrogen and oxygen atoms in total. The third-order valence-electron chi connectivity index (χ3n) is 4.26. The second kappa shape index (κ2) is 13.3. The van der Waals surface area contributed by atoms with Crippen LogP contribution >= 0.6 is 0 Å². The lowest BCUT2D eigenvalue weighted by atomic mass is 10.1. The van der Waals surface area contributed by atoms with Gasteiger partial charge >= 0.3 is 24.1 Å². The Hall–Kier alpha value is -3.36. The number of carbonyl (C=O) groups is 4. The van der Waals surface area contributed by atoms with Crippen LogP contribution in [0.5, 0.6) is 0 Å². The number of hydrogen-bond acceptors (Lipinski definition) is 8. The first-order chi connectivity index (χ1) is 16.9. The van der Waals surface area contributed by atoms with E-state index in [0.29, 0.717) is 4.90 Å². The van der Waals surface area contributed by atoms with Crippen molar-refractivity contribution in [2.45, 2.75) is 105 Å². The van der Waals surface area contributed by atoms with Crippen molar-refractivity contribution in [2.75, 3.05) is 0 Å². The van der Waals surface area contributed by atoms with Crippen LogP contribution in [0, 0.1) is 0 Å². The maximum absolute atomic E-state index is 13.2. The lowest BCUT2D eigenvalue weighted by Crippen LogP contribution is -2.52. The minimum atomic E-state index is -1.36. The molecule has 0 unspecified atom stereocenters. The van der Waals surface area contributed by atoms with Gasteiger partial charge in [-0.3, -0.25) is 0 Å². The highest BCUT2D eigenvalue weighted by molar-refractivity contribution is 5.94. The molecule has 1 aromatic rings. The number of imide groups is 1. The third kappa shape index (κ3) is 13.5. The average Bonchev–Trinajstić information content (AvgIpc) is 2.70. The maximum Gasteiger partial charge on any atom is 0.420 e. The summed E-state index contributed by atoms with van der Waals surface area (Å²) in [6, 6.07) is 7.64. The molecular formula is C28H41NO8. The first kappa shape index (κ1) is 31.7. The minimum Gasteiger partial charge on any atom is -0.459 e. The fraction of sp³-hybridized carbons (Fsp3) is 0.571. The minimum absolute atomic E-state index is 0.0363. The number of amides is 2. The van der Waals surface area contributed by atoms with Crippen molar-refractivity contribution >= 4 is 24.1 Å². The van der Waals surface area contributed by atoms with Crippen LogP contribution in [0.4, 0.5) is 9.59 Å². The van der Waals surface area contributed by atoms with Crippen LogP contribution in [-0.4, -0.2) is 51.9 Å². The molecule has 0 saturated heterocycles. The van der Waals surface area contributed by atoms with Crippen molar-refractivity contribution in [3.63, 3.8) is 0 Å². The number of rotatable bonds is 8. The van der Waals surface area contributed by atoms with Crippen LogP contribution in [0.2, 0.25) is 0 Å². The number of carbonyl (C=O) groups excluding carboxylic acids is 4. The summed E-state index contributed by atoms with van der Waals surface area (Å²) in [6.45, 7) is 15.0. The standard InChI is InChI=1S/C28H41NO8/c1-26(2,3)35-22(30)18-14-13-17-21(23(31)34-19-20-15-11-10-12-16-20)29(24(32)36-27(4,5)6)25(33)37-28(7,8)9/h10-12,14-16,18,21H,13,17,19H2,1-9H3/b18-14+/t21-/m0/s1. The second-order valence-corrected chi connectivity index (χ2v) is 11.5. The molecule has 1 rings (SSSR count). The Morgan fingerprint density at radius 3 is 1.73 bits per heavy atom. The predicted molar refractivity (Wildman–Crippen MR) is 139 cm³/mol. The molecule has 0 aliphatic rings. The second-order valence-electron chi connectivity index (χ2n) is 11.5. The molecule has 0 bridgehead atoms. The average molecular weight is 520 g/mol. The Labute approximate surface area is 220 Å². The normalized spacial score (nSPS) is 13.0. The molecule has 1 atom stereocenters. The van der Waals surface area contributed by atoms with Gasteiger partial charge in [0.1, 0.15) is 29.5 Å². The van der Waals surface area contributed by atoms with E-state index in [1.807, 2.05) is 6.07 Å². The van der Waals surface area contributed by atoms with Crippen molar-refractivity contribution < 1.29 is 38.1 Å². The largest absolute Gasteiger partial charge is 0.459 e. The number of allylic oxidation sites excluding steroid dienone is 1. The summed E-state index contributed by atoms with van der Waals surface area (Å²) in [5.74, 6) is -1.36. The molecule has 0 saturated carbocycles.